The van der Waals surface area contributed by atoms with E-state index in [-0.39, 0.29) is 18.7 Å². The second-order valence-electron chi connectivity index (χ2n) is 4.85. The average molecular weight is 296 g/mol. The molecule has 21 heavy (non-hydrogen) atoms. The number of carboxylic acid groups (broad SMARTS) is 1. The van der Waals surface area contributed by atoms with Crippen LogP contribution in [0.5, 0.6) is 0 Å². The highest BCUT2D eigenvalue weighted by Gasteiger charge is 2.16. The first-order valence-electron chi connectivity index (χ1n) is 6.84. The topological polar surface area (TPSA) is 102 Å². The van der Waals surface area contributed by atoms with Crippen LogP contribution in [-0.4, -0.2) is 66.8 Å². The zero-order chi connectivity index (χ0) is 15.2. The molecule has 1 aromatic carbocycles. The van der Waals surface area contributed by atoms with Crippen LogP contribution in [0.1, 0.15) is 10.4 Å². The monoisotopic (exact) mass is 296 g/mol. The number of aliphatic hydroxyl groups is 2. The fourth-order valence-electron chi connectivity index (χ4n) is 2.18. The number of nitrogens with one attached hydrogen (secondary N) is 1. The highest BCUT2D eigenvalue weighted by atomic mass is 16.5. The number of aliphatic hydroxyl groups excluding tert-OH is 2. The van der Waals surface area contributed by atoms with Crippen molar-refractivity contribution in [2.45, 2.75) is 6.10 Å². The number of benzene rings is 1. The van der Waals surface area contributed by atoms with Gasteiger partial charge in [-0.25, -0.2) is 4.79 Å². The lowest BCUT2D eigenvalue weighted by Gasteiger charge is -2.29. The van der Waals surface area contributed by atoms with E-state index in [9.17, 15) is 15.0 Å². The minimum atomic E-state index is -1.04. The zero-order valence-electron chi connectivity index (χ0n) is 11.7. The molecule has 1 unspecified atom stereocenters. The van der Waals surface area contributed by atoms with Gasteiger partial charge in [0.2, 0.25) is 0 Å². The Bertz CT molecular complexity index is 488. The summed E-state index contributed by atoms with van der Waals surface area (Å²) in [7, 11) is 0. The van der Waals surface area contributed by atoms with E-state index < -0.39 is 12.1 Å². The normalized spacial score (nSPS) is 16.6. The minimum absolute atomic E-state index is 0.0867. The number of nitrogens with zero attached hydrogens (tertiary/aromatic N) is 1. The molecule has 1 aliphatic rings. The fraction of sp³-hybridized carbons (Fsp3) is 0.500. The summed E-state index contributed by atoms with van der Waals surface area (Å²) >= 11 is 0. The third-order valence-electron chi connectivity index (χ3n) is 3.35. The first kappa shape index (κ1) is 15.6. The Labute approximate surface area is 122 Å². The molecule has 1 aliphatic heterocycles. The molecule has 0 spiro atoms. The molecule has 1 heterocycles. The number of aromatic carboxylic acids is 1. The standard InChI is InChI=1S/C14H20N2O5/c17-9-11(18)8-15-13-7-10(1-2-12(13)14(19)20)16-3-5-21-6-4-16/h1-2,7,11,15,17-18H,3-6,8-9H2,(H,19,20). The summed E-state index contributed by atoms with van der Waals surface area (Å²) in [6.45, 7) is 2.51. The molecule has 1 aromatic rings. The van der Waals surface area contributed by atoms with Gasteiger partial charge >= 0.3 is 5.97 Å². The molecule has 1 atom stereocenters. The van der Waals surface area contributed by atoms with Crippen molar-refractivity contribution in [3.63, 3.8) is 0 Å². The molecular weight excluding hydrogens is 276 g/mol. The zero-order valence-corrected chi connectivity index (χ0v) is 11.7. The fourth-order valence-corrected chi connectivity index (χ4v) is 2.18. The Kier molecular flexibility index (Phi) is 5.38. The molecule has 7 heteroatoms. The predicted molar refractivity (Wildman–Crippen MR) is 78.0 cm³/mol. The van der Waals surface area contributed by atoms with Gasteiger partial charge in [0.15, 0.2) is 0 Å². The van der Waals surface area contributed by atoms with Crippen LogP contribution in [0.2, 0.25) is 0 Å². The van der Waals surface area contributed by atoms with Gasteiger partial charge in [0.05, 0.1) is 37.2 Å². The molecule has 0 saturated carbocycles. The van der Waals surface area contributed by atoms with E-state index in [0.717, 1.165) is 18.8 Å². The van der Waals surface area contributed by atoms with E-state index >= 15 is 0 Å². The van der Waals surface area contributed by atoms with Crippen molar-refractivity contribution >= 4 is 17.3 Å². The van der Waals surface area contributed by atoms with Crippen molar-refractivity contribution in [1.82, 2.24) is 0 Å². The summed E-state index contributed by atoms with van der Waals surface area (Å²) in [6.07, 6.45) is -0.932. The maximum Gasteiger partial charge on any atom is 0.337 e. The number of anilines is 2. The molecular formula is C14H20N2O5. The van der Waals surface area contributed by atoms with Crippen molar-refractivity contribution in [3.05, 3.63) is 23.8 Å². The van der Waals surface area contributed by atoms with Crippen molar-refractivity contribution in [1.29, 1.82) is 0 Å². The van der Waals surface area contributed by atoms with Crippen LogP contribution in [0.3, 0.4) is 0 Å². The Hall–Kier alpha value is -1.83. The smallest absolute Gasteiger partial charge is 0.337 e. The van der Waals surface area contributed by atoms with E-state index in [2.05, 4.69) is 10.2 Å². The highest BCUT2D eigenvalue weighted by Crippen LogP contribution is 2.24. The van der Waals surface area contributed by atoms with Gasteiger partial charge in [0.25, 0.3) is 0 Å². The van der Waals surface area contributed by atoms with E-state index in [1.807, 2.05) is 0 Å². The molecule has 0 radical (unpaired) electrons. The molecule has 7 nitrogen and oxygen atoms in total. The summed E-state index contributed by atoms with van der Waals surface area (Å²) < 4.78 is 5.29. The van der Waals surface area contributed by atoms with Crippen LogP contribution in [0.15, 0.2) is 18.2 Å². The van der Waals surface area contributed by atoms with Crippen molar-refractivity contribution in [2.75, 3.05) is 49.7 Å². The van der Waals surface area contributed by atoms with Gasteiger partial charge in [0.1, 0.15) is 0 Å². The average Bonchev–Trinajstić information content (AvgIpc) is 2.53. The number of rotatable bonds is 6. The van der Waals surface area contributed by atoms with Gasteiger partial charge < -0.3 is 30.3 Å². The van der Waals surface area contributed by atoms with Crippen molar-refractivity contribution in [3.8, 4) is 0 Å². The highest BCUT2D eigenvalue weighted by molar-refractivity contribution is 5.95. The summed E-state index contributed by atoms with van der Waals surface area (Å²) in [6, 6.07) is 5.06. The van der Waals surface area contributed by atoms with Crippen molar-refractivity contribution < 1.29 is 24.9 Å². The second-order valence-corrected chi connectivity index (χ2v) is 4.85. The first-order chi connectivity index (χ1) is 10.1. The van der Waals surface area contributed by atoms with Gasteiger partial charge in [-0.15, -0.1) is 0 Å². The lowest BCUT2D eigenvalue weighted by atomic mass is 10.1. The Morgan fingerprint density at radius 1 is 1.38 bits per heavy atom. The molecule has 0 aliphatic carbocycles. The molecule has 116 valence electrons. The maximum atomic E-state index is 11.2. The number of ether oxygens (including phenoxy) is 1. The Balaban J connectivity index is 2.18. The lowest BCUT2D eigenvalue weighted by molar-refractivity contribution is 0.0697. The van der Waals surface area contributed by atoms with Gasteiger partial charge in [0, 0.05) is 25.3 Å². The van der Waals surface area contributed by atoms with Gasteiger partial charge in [-0.1, -0.05) is 0 Å². The summed E-state index contributed by atoms with van der Waals surface area (Å²) in [5.41, 5.74) is 1.47. The predicted octanol–water partition coefficient (Wildman–Crippen LogP) is -0.0135. The molecule has 0 aromatic heterocycles. The Morgan fingerprint density at radius 3 is 2.71 bits per heavy atom. The molecule has 1 saturated heterocycles. The number of carboxylic acids is 1. The largest absolute Gasteiger partial charge is 0.478 e. The van der Waals surface area contributed by atoms with Crippen LogP contribution in [0.4, 0.5) is 11.4 Å². The van der Waals surface area contributed by atoms with Crippen LogP contribution >= 0.6 is 0 Å². The number of morpholine rings is 1. The minimum Gasteiger partial charge on any atom is -0.478 e. The number of hydrogen-bond acceptors (Lipinski definition) is 6. The third kappa shape index (κ3) is 4.07. The lowest BCUT2D eigenvalue weighted by Crippen LogP contribution is -2.36. The summed E-state index contributed by atoms with van der Waals surface area (Å²) in [4.78, 5) is 13.4. The second kappa shape index (κ2) is 7.26. The first-order valence-corrected chi connectivity index (χ1v) is 6.84. The summed E-state index contributed by atoms with van der Waals surface area (Å²) in [5, 5.41) is 30.3. The maximum absolute atomic E-state index is 11.2. The van der Waals surface area contributed by atoms with E-state index in [1.165, 1.54) is 0 Å². The van der Waals surface area contributed by atoms with Gasteiger partial charge in [-0.3, -0.25) is 0 Å². The van der Waals surface area contributed by atoms with E-state index in [1.54, 1.807) is 18.2 Å². The molecule has 4 N–H and O–H groups in total. The van der Waals surface area contributed by atoms with E-state index in [4.69, 9.17) is 9.84 Å². The number of carbonyl (C=O) groups is 1. The number of hydrogen-bond donors (Lipinski definition) is 4. The molecule has 1 fully saturated rings. The SMILES string of the molecule is O=C(O)c1ccc(N2CCOCC2)cc1NCC(O)CO. The van der Waals surface area contributed by atoms with Crippen LogP contribution in [0.25, 0.3) is 0 Å². The summed E-state index contributed by atoms with van der Waals surface area (Å²) in [5.74, 6) is -1.04. The van der Waals surface area contributed by atoms with Gasteiger partial charge in [-0.2, -0.15) is 0 Å². The molecule has 2 rings (SSSR count). The van der Waals surface area contributed by atoms with Crippen LogP contribution < -0.4 is 10.2 Å². The van der Waals surface area contributed by atoms with Crippen LogP contribution in [0, 0.1) is 0 Å². The quantitative estimate of drug-likeness (QED) is 0.585. The van der Waals surface area contributed by atoms with Gasteiger partial charge in [-0.05, 0) is 18.2 Å². The van der Waals surface area contributed by atoms with Crippen molar-refractivity contribution in [2.24, 2.45) is 0 Å². The Morgan fingerprint density at radius 2 is 2.10 bits per heavy atom. The van der Waals surface area contributed by atoms with E-state index in [0.29, 0.717) is 18.9 Å². The molecule has 0 amide bonds. The molecule has 0 bridgehead atoms. The van der Waals surface area contributed by atoms with Crippen LogP contribution in [-0.2, 0) is 4.74 Å². The third-order valence-corrected chi connectivity index (χ3v) is 3.35.